The first-order chi connectivity index (χ1) is 11.2. The number of aromatic nitrogens is 2. The van der Waals surface area contributed by atoms with E-state index in [1.54, 1.807) is 18.3 Å². The average molecular weight is 313 g/mol. The lowest BCUT2D eigenvalue weighted by molar-refractivity contribution is 0.0313. The van der Waals surface area contributed by atoms with Gasteiger partial charge in [0.1, 0.15) is 5.82 Å². The molecule has 0 radical (unpaired) electrons. The van der Waals surface area contributed by atoms with Crippen LogP contribution in [0.15, 0.2) is 42.9 Å². The second-order valence-electron chi connectivity index (χ2n) is 5.59. The van der Waals surface area contributed by atoms with Crippen LogP contribution < -0.4 is 4.90 Å². The van der Waals surface area contributed by atoms with Crippen LogP contribution in [0.5, 0.6) is 0 Å². The predicted octanol–water partition coefficient (Wildman–Crippen LogP) is 2.36. The molecule has 120 valence electrons. The molecule has 3 rings (SSSR count). The van der Waals surface area contributed by atoms with Gasteiger partial charge < -0.3 is 14.7 Å². The average Bonchev–Trinajstić information content (AvgIpc) is 2.61. The summed E-state index contributed by atoms with van der Waals surface area (Å²) in [6.07, 6.45) is 7.15. The second kappa shape index (κ2) is 7.19. The fourth-order valence-corrected chi connectivity index (χ4v) is 2.68. The summed E-state index contributed by atoms with van der Waals surface area (Å²) in [5.41, 5.74) is 1.27. The van der Waals surface area contributed by atoms with Crippen molar-refractivity contribution >= 4 is 11.8 Å². The number of aromatic carboxylic acids is 1. The lowest BCUT2D eigenvalue weighted by Gasteiger charge is -2.33. The van der Waals surface area contributed by atoms with E-state index in [-0.39, 0.29) is 11.7 Å². The number of hydrogen-bond acceptors (Lipinski definition) is 5. The molecule has 1 fully saturated rings. The van der Waals surface area contributed by atoms with E-state index in [4.69, 9.17) is 9.84 Å². The molecule has 6 nitrogen and oxygen atoms in total. The highest BCUT2D eigenvalue weighted by molar-refractivity contribution is 5.87. The van der Waals surface area contributed by atoms with Crippen LogP contribution in [0.2, 0.25) is 0 Å². The Kier molecular flexibility index (Phi) is 4.83. The third kappa shape index (κ3) is 4.04. The smallest absolute Gasteiger partial charge is 0.337 e. The summed E-state index contributed by atoms with van der Waals surface area (Å²) >= 11 is 0. The van der Waals surface area contributed by atoms with Crippen molar-refractivity contribution in [3.8, 4) is 0 Å². The van der Waals surface area contributed by atoms with Gasteiger partial charge in [0.05, 0.1) is 18.3 Å². The monoisotopic (exact) mass is 313 g/mol. The first kappa shape index (κ1) is 15.4. The lowest BCUT2D eigenvalue weighted by Crippen LogP contribution is -2.40. The van der Waals surface area contributed by atoms with Crippen molar-refractivity contribution in [1.82, 2.24) is 9.97 Å². The van der Waals surface area contributed by atoms with Gasteiger partial charge in [-0.3, -0.25) is 4.98 Å². The molecule has 2 aromatic rings. The molecular formula is C17H19N3O3. The lowest BCUT2D eigenvalue weighted by atomic mass is 10.1. The van der Waals surface area contributed by atoms with Crippen molar-refractivity contribution in [2.45, 2.75) is 25.6 Å². The van der Waals surface area contributed by atoms with Gasteiger partial charge in [-0.2, -0.15) is 0 Å². The molecule has 0 saturated carbocycles. The number of carbonyl (C=O) groups is 1. The van der Waals surface area contributed by atoms with Gasteiger partial charge in [-0.05, 0) is 36.6 Å². The predicted molar refractivity (Wildman–Crippen MR) is 85.5 cm³/mol. The number of hydrogen-bond donors (Lipinski definition) is 1. The minimum atomic E-state index is -0.958. The SMILES string of the molecule is O=C(O)c1ccc(N2CCC[C@@H](OCc3cccnc3)C2)nc1. The Hall–Kier alpha value is -2.47. The van der Waals surface area contributed by atoms with E-state index in [0.717, 1.165) is 37.3 Å². The van der Waals surface area contributed by atoms with Crippen molar-refractivity contribution in [3.63, 3.8) is 0 Å². The molecule has 6 heteroatoms. The summed E-state index contributed by atoms with van der Waals surface area (Å²) < 4.78 is 5.98. The highest BCUT2D eigenvalue weighted by Crippen LogP contribution is 2.20. The van der Waals surface area contributed by atoms with Crippen molar-refractivity contribution in [1.29, 1.82) is 0 Å². The van der Waals surface area contributed by atoms with E-state index >= 15 is 0 Å². The number of ether oxygens (including phenoxy) is 1. The van der Waals surface area contributed by atoms with E-state index in [1.807, 2.05) is 18.3 Å². The van der Waals surface area contributed by atoms with Crippen LogP contribution in [0, 0.1) is 0 Å². The number of nitrogens with zero attached hydrogens (tertiary/aromatic N) is 3. The third-order valence-corrected chi connectivity index (χ3v) is 3.91. The maximum atomic E-state index is 10.9. The quantitative estimate of drug-likeness (QED) is 0.913. The molecule has 23 heavy (non-hydrogen) atoms. The van der Waals surface area contributed by atoms with Gasteiger partial charge in [-0.15, -0.1) is 0 Å². The zero-order valence-electron chi connectivity index (χ0n) is 12.8. The summed E-state index contributed by atoms with van der Waals surface area (Å²) in [5.74, 6) is -0.162. The molecule has 1 N–H and O–H groups in total. The summed E-state index contributed by atoms with van der Waals surface area (Å²) in [6, 6.07) is 7.25. The Morgan fingerprint density at radius 2 is 2.26 bits per heavy atom. The number of carboxylic acid groups (broad SMARTS) is 1. The fourth-order valence-electron chi connectivity index (χ4n) is 2.68. The maximum absolute atomic E-state index is 10.9. The third-order valence-electron chi connectivity index (χ3n) is 3.91. The molecular weight excluding hydrogens is 294 g/mol. The molecule has 0 aromatic carbocycles. The van der Waals surface area contributed by atoms with E-state index in [9.17, 15) is 4.79 Å². The number of rotatable bonds is 5. The van der Waals surface area contributed by atoms with Gasteiger partial charge in [0, 0.05) is 31.7 Å². The largest absolute Gasteiger partial charge is 0.478 e. The van der Waals surface area contributed by atoms with Crippen LogP contribution in [0.4, 0.5) is 5.82 Å². The Balaban J connectivity index is 1.58. The highest BCUT2D eigenvalue weighted by Gasteiger charge is 2.21. The van der Waals surface area contributed by atoms with Crippen LogP contribution in [-0.4, -0.2) is 40.2 Å². The summed E-state index contributed by atoms with van der Waals surface area (Å²) in [5, 5.41) is 8.93. The van der Waals surface area contributed by atoms with Crippen LogP contribution in [0.3, 0.4) is 0 Å². The topological polar surface area (TPSA) is 75.5 Å². The number of anilines is 1. The molecule has 0 unspecified atom stereocenters. The normalized spacial score (nSPS) is 17.9. The van der Waals surface area contributed by atoms with Gasteiger partial charge in [-0.25, -0.2) is 9.78 Å². The Morgan fingerprint density at radius 3 is 2.96 bits per heavy atom. The summed E-state index contributed by atoms with van der Waals surface area (Å²) in [6.45, 7) is 2.23. The van der Waals surface area contributed by atoms with Crippen LogP contribution >= 0.6 is 0 Å². The van der Waals surface area contributed by atoms with Crippen LogP contribution in [-0.2, 0) is 11.3 Å². The van der Waals surface area contributed by atoms with Crippen molar-refractivity contribution < 1.29 is 14.6 Å². The molecule has 1 saturated heterocycles. The minimum Gasteiger partial charge on any atom is -0.478 e. The standard InChI is InChI=1S/C17H19N3O3/c21-17(22)14-5-6-16(19-10-14)20-8-2-4-15(11-20)23-12-13-3-1-7-18-9-13/h1,3,5-7,9-10,15H,2,4,8,11-12H2,(H,21,22)/t15-/m1/s1. The fraction of sp³-hybridized carbons (Fsp3) is 0.353. The number of carboxylic acids is 1. The molecule has 0 bridgehead atoms. The molecule has 0 amide bonds. The second-order valence-corrected chi connectivity index (χ2v) is 5.59. The van der Waals surface area contributed by atoms with Gasteiger partial charge in [0.25, 0.3) is 0 Å². The minimum absolute atomic E-state index is 0.143. The van der Waals surface area contributed by atoms with E-state index < -0.39 is 5.97 Å². The Morgan fingerprint density at radius 1 is 1.35 bits per heavy atom. The van der Waals surface area contributed by atoms with Crippen molar-refractivity contribution in [3.05, 3.63) is 54.0 Å². The highest BCUT2D eigenvalue weighted by atomic mass is 16.5. The molecule has 1 aliphatic rings. The van der Waals surface area contributed by atoms with Crippen molar-refractivity contribution in [2.75, 3.05) is 18.0 Å². The molecule has 1 atom stereocenters. The maximum Gasteiger partial charge on any atom is 0.337 e. The molecule has 3 heterocycles. The number of pyridine rings is 2. The summed E-state index contributed by atoms with van der Waals surface area (Å²) in [4.78, 5) is 21.4. The first-order valence-corrected chi connectivity index (χ1v) is 7.67. The van der Waals surface area contributed by atoms with Gasteiger partial charge in [0.15, 0.2) is 0 Å². The zero-order chi connectivity index (χ0) is 16.1. The molecule has 2 aromatic heterocycles. The molecule has 1 aliphatic heterocycles. The zero-order valence-corrected chi connectivity index (χ0v) is 12.8. The molecule has 0 spiro atoms. The number of piperidine rings is 1. The first-order valence-electron chi connectivity index (χ1n) is 7.67. The summed E-state index contributed by atoms with van der Waals surface area (Å²) in [7, 11) is 0. The van der Waals surface area contributed by atoms with Gasteiger partial charge >= 0.3 is 5.97 Å². The van der Waals surface area contributed by atoms with E-state index in [2.05, 4.69) is 14.9 Å². The van der Waals surface area contributed by atoms with Crippen molar-refractivity contribution in [2.24, 2.45) is 0 Å². The Bertz CT molecular complexity index is 646. The van der Waals surface area contributed by atoms with Crippen LogP contribution in [0.1, 0.15) is 28.8 Å². The van der Waals surface area contributed by atoms with Gasteiger partial charge in [-0.1, -0.05) is 6.07 Å². The Labute approximate surface area is 134 Å². The van der Waals surface area contributed by atoms with Gasteiger partial charge in [0.2, 0.25) is 0 Å². The van der Waals surface area contributed by atoms with E-state index in [1.165, 1.54) is 6.20 Å². The van der Waals surface area contributed by atoms with E-state index in [0.29, 0.717) is 6.61 Å². The van der Waals surface area contributed by atoms with Crippen LogP contribution in [0.25, 0.3) is 0 Å². The molecule has 0 aliphatic carbocycles.